The minimum absolute atomic E-state index is 0.0372. The van der Waals surface area contributed by atoms with Gasteiger partial charge < -0.3 is 25.8 Å². The summed E-state index contributed by atoms with van der Waals surface area (Å²) in [4.78, 5) is 43.8. The van der Waals surface area contributed by atoms with Crippen LogP contribution in [0.3, 0.4) is 0 Å². The molecule has 2 heterocycles. The molecule has 9 nitrogen and oxygen atoms in total. The summed E-state index contributed by atoms with van der Waals surface area (Å²) in [5.74, 6) is -0.376. The number of fused-ring (bicyclic) bond motifs is 1. The summed E-state index contributed by atoms with van der Waals surface area (Å²) in [6.45, 7) is 5.51. The number of likely N-dealkylation sites (N-methyl/N-ethyl adjacent to an activating group) is 2. The molecule has 0 spiro atoms. The van der Waals surface area contributed by atoms with E-state index in [1.165, 1.54) is 6.92 Å². The Morgan fingerprint density at radius 3 is 2.22 bits per heavy atom. The molecule has 3 aromatic carbocycles. The molecule has 41 heavy (non-hydrogen) atoms. The molecule has 3 amide bonds. The summed E-state index contributed by atoms with van der Waals surface area (Å²) in [6.07, 6.45) is 0. The van der Waals surface area contributed by atoms with Crippen molar-refractivity contribution in [1.29, 1.82) is 0 Å². The number of benzene rings is 3. The van der Waals surface area contributed by atoms with Crippen LogP contribution in [0, 0.1) is 0 Å². The van der Waals surface area contributed by atoms with Gasteiger partial charge in [-0.2, -0.15) is 0 Å². The molecule has 212 valence electrons. The number of carbonyl (C=O) groups excluding carboxylic acids is 3. The van der Waals surface area contributed by atoms with E-state index in [9.17, 15) is 14.4 Å². The molecule has 0 aliphatic carbocycles. The number of halogens is 1. The Labute approximate surface area is 244 Å². The van der Waals surface area contributed by atoms with Crippen molar-refractivity contribution in [2.24, 2.45) is 0 Å². The predicted molar refractivity (Wildman–Crippen MR) is 165 cm³/mol. The van der Waals surface area contributed by atoms with Crippen molar-refractivity contribution in [3.8, 4) is 0 Å². The Bertz CT molecular complexity index is 1500. The Balaban J connectivity index is 1.41. The second kappa shape index (κ2) is 12.1. The summed E-state index contributed by atoms with van der Waals surface area (Å²) in [7, 11) is 3.88. The molecule has 10 heteroatoms. The number of hydrogen-bond acceptors (Lipinski definition) is 6. The Kier molecular flexibility index (Phi) is 8.39. The molecule has 2 aliphatic heterocycles. The first-order chi connectivity index (χ1) is 19.7. The third-order valence-corrected chi connectivity index (χ3v) is 7.56. The van der Waals surface area contributed by atoms with E-state index >= 15 is 0 Å². The van der Waals surface area contributed by atoms with Crippen LogP contribution in [0.15, 0.2) is 66.7 Å². The highest BCUT2D eigenvalue weighted by Crippen LogP contribution is 2.39. The lowest BCUT2D eigenvalue weighted by atomic mass is 9.99. The standard InChI is InChI=1S/C31H33ClN6O3/c1-20(39)33-23-7-4-21(5-8-23)30(29-26-13-6-22(32)18-27(26)35-31(29)41)34-24-9-11-25(12-10-24)37(3)28(40)19-38-16-14-36(2)15-17-38/h4-13,18,34H,14-17,19H2,1-3H3,(H,33,39)(H,35,41). The first-order valence-corrected chi connectivity index (χ1v) is 13.8. The highest BCUT2D eigenvalue weighted by molar-refractivity contribution is 6.38. The summed E-state index contributed by atoms with van der Waals surface area (Å²) in [5, 5.41) is 9.63. The van der Waals surface area contributed by atoms with Crippen molar-refractivity contribution >= 4 is 63.3 Å². The van der Waals surface area contributed by atoms with Gasteiger partial charge in [-0.1, -0.05) is 29.8 Å². The maximum atomic E-state index is 13.2. The molecular weight excluding hydrogens is 540 g/mol. The van der Waals surface area contributed by atoms with Gasteiger partial charge in [0, 0.05) is 67.8 Å². The zero-order chi connectivity index (χ0) is 29.1. The lowest BCUT2D eigenvalue weighted by molar-refractivity contribution is -0.120. The summed E-state index contributed by atoms with van der Waals surface area (Å²) in [6, 6.07) is 20.1. The van der Waals surface area contributed by atoms with E-state index in [-0.39, 0.29) is 17.7 Å². The molecule has 0 radical (unpaired) electrons. The van der Waals surface area contributed by atoms with Gasteiger partial charge in [0.25, 0.3) is 5.91 Å². The number of carbonyl (C=O) groups is 3. The molecule has 1 saturated heterocycles. The maximum absolute atomic E-state index is 13.2. The second-order valence-corrected chi connectivity index (χ2v) is 10.8. The van der Waals surface area contributed by atoms with Gasteiger partial charge >= 0.3 is 0 Å². The third-order valence-electron chi connectivity index (χ3n) is 7.32. The SMILES string of the molecule is CC(=O)Nc1ccc(C(Nc2ccc(N(C)C(=O)CN3CCN(C)CC3)cc2)=C2C(=O)Nc3cc(Cl)ccc32)cc1. The number of rotatable bonds is 7. The molecule has 3 aromatic rings. The van der Waals surface area contributed by atoms with Gasteiger partial charge in [0.15, 0.2) is 0 Å². The van der Waals surface area contributed by atoms with Gasteiger partial charge in [0.2, 0.25) is 11.8 Å². The first kappa shape index (κ1) is 28.4. The van der Waals surface area contributed by atoms with Crippen LogP contribution >= 0.6 is 11.6 Å². The van der Waals surface area contributed by atoms with Crippen LogP contribution in [0.5, 0.6) is 0 Å². The van der Waals surface area contributed by atoms with E-state index in [1.807, 2.05) is 42.5 Å². The average molecular weight is 573 g/mol. The summed E-state index contributed by atoms with van der Waals surface area (Å²) >= 11 is 6.18. The van der Waals surface area contributed by atoms with Crippen molar-refractivity contribution in [3.63, 3.8) is 0 Å². The highest BCUT2D eigenvalue weighted by Gasteiger charge is 2.29. The lowest BCUT2D eigenvalue weighted by Crippen LogP contribution is -2.48. The van der Waals surface area contributed by atoms with Crippen LogP contribution in [0.1, 0.15) is 18.1 Å². The molecule has 0 saturated carbocycles. The van der Waals surface area contributed by atoms with E-state index < -0.39 is 0 Å². The molecule has 0 aromatic heterocycles. The Morgan fingerprint density at radius 2 is 1.56 bits per heavy atom. The van der Waals surface area contributed by atoms with E-state index in [2.05, 4.69) is 32.8 Å². The molecule has 0 unspecified atom stereocenters. The zero-order valence-electron chi connectivity index (χ0n) is 23.3. The van der Waals surface area contributed by atoms with Gasteiger partial charge in [-0.3, -0.25) is 19.3 Å². The van der Waals surface area contributed by atoms with E-state index in [0.29, 0.717) is 34.2 Å². The molecule has 2 aliphatic rings. The van der Waals surface area contributed by atoms with Crippen LogP contribution in [0.2, 0.25) is 5.02 Å². The van der Waals surface area contributed by atoms with Gasteiger partial charge in [-0.25, -0.2) is 0 Å². The monoisotopic (exact) mass is 572 g/mol. The van der Waals surface area contributed by atoms with Crippen molar-refractivity contribution in [1.82, 2.24) is 9.80 Å². The number of hydrogen-bond donors (Lipinski definition) is 3. The number of nitrogens with zero attached hydrogens (tertiary/aromatic N) is 3. The zero-order valence-corrected chi connectivity index (χ0v) is 24.1. The second-order valence-electron chi connectivity index (χ2n) is 10.4. The normalized spacial score (nSPS) is 16.5. The number of piperazine rings is 1. The van der Waals surface area contributed by atoms with Crippen molar-refractivity contribution in [2.75, 3.05) is 67.7 Å². The van der Waals surface area contributed by atoms with Gasteiger partial charge in [0.1, 0.15) is 0 Å². The molecule has 0 bridgehead atoms. The largest absolute Gasteiger partial charge is 0.354 e. The average Bonchev–Trinajstić information content (AvgIpc) is 3.27. The summed E-state index contributed by atoms with van der Waals surface area (Å²) in [5.41, 5.74) is 5.40. The van der Waals surface area contributed by atoms with Crippen molar-refractivity contribution < 1.29 is 14.4 Å². The van der Waals surface area contributed by atoms with Crippen molar-refractivity contribution in [2.45, 2.75) is 6.92 Å². The van der Waals surface area contributed by atoms with Gasteiger partial charge in [-0.15, -0.1) is 0 Å². The minimum Gasteiger partial charge on any atom is -0.354 e. The van der Waals surface area contributed by atoms with Crippen LogP contribution in [0.4, 0.5) is 22.7 Å². The molecular formula is C31H33ClN6O3. The predicted octanol–water partition coefficient (Wildman–Crippen LogP) is 4.44. The number of nitrogens with one attached hydrogen (secondary N) is 3. The molecule has 1 fully saturated rings. The maximum Gasteiger partial charge on any atom is 0.258 e. The van der Waals surface area contributed by atoms with Crippen LogP contribution in [-0.4, -0.2) is 74.3 Å². The molecule has 5 rings (SSSR count). The number of amides is 3. The van der Waals surface area contributed by atoms with E-state index in [1.54, 1.807) is 36.2 Å². The van der Waals surface area contributed by atoms with Crippen LogP contribution < -0.4 is 20.9 Å². The fraction of sp³-hybridized carbons (Fsp3) is 0.258. The summed E-state index contributed by atoms with van der Waals surface area (Å²) < 4.78 is 0. The smallest absolute Gasteiger partial charge is 0.258 e. The number of anilines is 4. The fourth-order valence-corrected chi connectivity index (χ4v) is 5.13. The van der Waals surface area contributed by atoms with Crippen LogP contribution in [-0.2, 0) is 14.4 Å². The first-order valence-electron chi connectivity index (χ1n) is 13.5. The molecule has 3 N–H and O–H groups in total. The minimum atomic E-state index is -0.249. The quantitative estimate of drug-likeness (QED) is 0.362. The molecule has 0 atom stereocenters. The lowest BCUT2D eigenvalue weighted by Gasteiger charge is -2.32. The fourth-order valence-electron chi connectivity index (χ4n) is 4.96. The van der Waals surface area contributed by atoms with E-state index in [4.69, 9.17) is 11.6 Å². The topological polar surface area (TPSA) is 97.0 Å². The Hall–Kier alpha value is -4.18. The van der Waals surface area contributed by atoms with E-state index in [0.717, 1.165) is 48.7 Å². The highest BCUT2D eigenvalue weighted by atomic mass is 35.5. The van der Waals surface area contributed by atoms with Crippen LogP contribution in [0.25, 0.3) is 11.3 Å². The van der Waals surface area contributed by atoms with Gasteiger partial charge in [0.05, 0.1) is 23.5 Å². The van der Waals surface area contributed by atoms with Crippen molar-refractivity contribution in [3.05, 3.63) is 82.9 Å². The third kappa shape index (κ3) is 6.59. The Morgan fingerprint density at radius 1 is 0.927 bits per heavy atom. The van der Waals surface area contributed by atoms with Gasteiger partial charge in [-0.05, 0) is 61.1 Å².